The molecule has 2 fully saturated rings. The summed E-state index contributed by atoms with van der Waals surface area (Å²) in [7, 11) is 0. The van der Waals surface area contributed by atoms with Crippen LogP contribution in [0.2, 0.25) is 5.02 Å². The molecule has 0 radical (unpaired) electrons. The van der Waals surface area contributed by atoms with Gasteiger partial charge in [0.15, 0.2) is 0 Å². The summed E-state index contributed by atoms with van der Waals surface area (Å²) in [6.45, 7) is 3.33. The molecule has 140 valence electrons. The molecule has 1 aromatic carbocycles. The van der Waals surface area contributed by atoms with E-state index >= 15 is 0 Å². The molecule has 0 bridgehead atoms. The van der Waals surface area contributed by atoms with Crippen molar-refractivity contribution in [3.63, 3.8) is 0 Å². The van der Waals surface area contributed by atoms with Crippen molar-refractivity contribution in [2.45, 2.75) is 38.1 Å². The highest BCUT2D eigenvalue weighted by molar-refractivity contribution is 6.32. The molecule has 2 aromatic rings. The molecule has 4 rings (SSSR count). The number of nitrogens with two attached hydrogens (primary N) is 1. The zero-order valence-corrected chi connectivity index (χ0v) is 16.2. The Morgan fingerprint density at radius 1 is 1.35 bits per heavy atom. The monoisotopic (exact) mass is 395 g/mol. The maximum absolute atomic E-state index is 13.0. The lowest BCUT2D eigenvalue weighted by molar-refractivity contribution is 0.0731. The van der Waals surface area contributed by atoms with Gasteiger partial charge in [-0.25, -0.2) is 9.67 Å². The number of halogens is 2. The number of nitrogens with zero attached hydrogens (tertiary/aromatic N) is 4. The Morgan fingerprint density at radius 3 is 2.69 bits per heavy atom. The molecule has 26 heavy (non-hydrogen) atoms. The summed E-state index contributed by atoms with van der Waals surface area (Å²) in [5.41, 5.74) is 6.55. The minimum absolute atomic E-state index is 0. The van der Waals surface area contributed by atoms with Gasteiger partial charge < -0.3 is 10.6 Å². The first-order chi connectivity index (χ1) is 12.1. The summed E-state index contributed by atoms with van der Waals surface area (Å²) in [6, 6.07) is 7.68. The number of hydrogen-bond donors (Lipinski definition) is 1. The van der Waals surface area contributed by atoms with E-state index in [4.69, 9.17) is 17.3 Å². The zero-order chi connectivity index (χ0) is 17.6. The van der Waals surface area contributed by atoms with Crippen LogP contribution >= 0.6 is 24.0 Å². The van der Waals surface area contributed by atoms with Crippen molar-refractivity contribution in [2.24, 2.45) is 11.7 Å². The van der Waals surface area contributed by atoms with Crippen LogP contribution in [0.1, 0.15) is 48.5 Å². The molecule has 8 heteroatoms. The van der Waals surface area contributed by atoms with Gasteiger partial charge in [-0.2, -0.15) is 0 Å². The fourth-order valence-electron chi connectivity index (χ4n) is 3.55. The summed E-state index contributed by atoms with van der Waals surface area (Å²) in [5.74, 6) is 1.69. The minimum Gasteiger partial charge on any atom is -0.333 e. The maximum atomic E-state index is 13.0. The van der Waals surface area contributed by atoms with Crippen molar-refractivity contribution >= 4 is 29.9 Å². The molecule has 1 aliphatic heterocycles. The third-order valence-corrected chi connectivity index (χ3v) is 5.42. The predicted molar refractivity (Wildman–Crippen MR) is 103 cm³/mol. The fourth-order valence-corrected chi connectivity index (χ4v) is 3.76. The highest BCUT2D eigenvalue weighted by Crippen LogP contribution is 2.40. The van der Waals surface area contributed by atoms with Crippen molar-refractivity contribution < 1.29 is 4.79 Å². The SMILES string of the molecule is CC1CC(CN)CN1C(=O)c1nc(C2CC2)n(-c2ccccc2Cl)n1.Cl. The van der Waals surface area contributed by atoms with Gasteiger partial charge in [-0.15, -0.1) is 17.5 Å². The second-order valence-electron chi connectivity index (χ2n) is 7.08. The Bertz CT molecular complexity index is 805. The number of rotatable bonds is 4. The van der Waals surface area contributed by atoms with Crippen molar-refractivity contribution in [3.8, 4) is 5.69 Å². The van der Waals surface area contributed by atoms with Crippen LogP contribution in [0.5, 0.6) is 0 Å². The van der Waals surface area contributed by atoms with Crippen molar-refractivity contribution in [1.82, 2.24) is 19.7 Å². The van der Waals surface area contributed by atoms with E-state index in [1.165, 1.54) is 0 Å². The topological polar surface area (TPSA) is 77.0 Å². The van der Waals surface area contributed by atoms with Crippen LogP contribution in [-0.2, 0) is 0 Å². The summed E-state index contributed by atoms with van der Waals surface area (Å²) < 4.78 is 1.74. The lowest BCUT2D eigenvalue weighted by Gasteiger charge is -2.19. The Morgan fingerprint density at radius 2 is 2.08 bits per heavy atom. The van der Waals surface area contributed by atoms with Crippen LogP contribution in [0, 0.1) is 5.92 Å². The summed E-state index contributed by atoms with van der Waals surface area (Å²) in [4.78, 5) is 19.4. The van der Waals surface area contributed by atoms with E-state index in [-0.39, 0.29) is 30.2 Å². The van der Waals surface area contributed by atoms with E-state index in [0.717, 1.165) is 30.8 Å². The highest BCUT2D eigenvalue weighted by Gasteiger charge is 2.36. The summed E-state index contributed by atoms with van der Waals surface area (Å²) >= 11 is 6.34. The maximum Gasteiger partial charge on any atom is 0.293 e. The number of amides is 1. The molecular weight excluding hydrogens is 373 g/mol. The number of aromatic nitrogens is 3. The molecule has 2 N–H and O–H groups in total. The molecule has 2 unspecified atom stereocenters. The van der Waals surface area contributed by atoms with Crippen LogP contribution in [0.25, 0.3) is 5.69 Å². The van der Waals surface area contributed by atoms with Crippen LogP contribution in [0.3, 0.4) is 0 Å². The molecule has 2 aliphatic rings. The van der Waals surface area contributed by atoms with Crippen LogP contribution in [0.4, 0.5) is 0 Å². The van der Waals surface area contributed by atoms with Gasteiger partial charge in [0.05, 0.1) is 10.7 Å². The van der Waals surface area contributed by atoms with Gasteiger partial charge in [-0.05, 0) is 50.8 Å². The van der Waals surface area contributed by atoms with Crippen molar-refractivity contribution in [3.05, 3.63) is 40.9 Å². The van der Waals surface area contributed by atoms with Crippen LogP contribution < -0.4 is 5.73 Å². The standard InChI is InChI=1S/C18H22ClN5O.ClH/c1-11-8-12(9-20)10-23(11)18(25)16-21-17(13-6-7-13)24(22-16)15-5-3-2-4-14(15)19;/h2-5,11-13H,6-10,20H2,1H3;1H. The zero-order valence-electron chi connectivity index (χ0n) is 14.6. The third-order valence-electron chi connectivity index (χ3n) is 5.10. The first-order valence-corrected chi connectivity index (χ1v) is 9.19. The molecule has 1 saturated heterocycles. The number of carbonyl (C=O) groups is 1. The number of carbonyl (C=O) groups excluding carboxylic acids is 1. The summed E-state index contributed by atoms with van der Waals surface area (Å²) in [5, 5.41) is 5.13. The Kier molecular flexibility index (Phi) is 5.55. The average Bonchev–Trinajstić information content (AvgIpc) is 3.25. The molecular formula is C18H23Cl2N5O. The van der Waals surface area contributed by atoms with Gasteiger partial charge >= 0.3 is 0 Å². The Hall–Kier alpha value is -1.63. The van der Waals surface area contributed by atoms with Crippen LogP contribution in [-0.4, -0.2) is 44.7 Å². The summed E-state index contributed by atoms with van der Waals surface area (Å²) in [6.07, 6.45) is 3.08. The van der Waals surface area contributed by atoms with E-state index < -0.39 is 0 Å². The molecule has 2 heterocycles. The minimum atomic E-state index is -0.115. The molecule has 0 spiro atoms. The molecule has 1 amide bonds. The van der Waals surface area contributed by atoms with Gasteiger partial charge in [-0.3, -0.25) is 4.79 Å². The van der Waals surface area contributed by atoms with Crippen LogP contribution in [0.15, 0.2) is 24.3 Å². The normalized spacial score (nSPS) is 22.3. The van der Waals surface area contributed by atoms with E-state index in [1.54, 1.807) is 4.68 Å². The number of benzene rings is 1. The van der Waals surface area contributed by atoms with E-state index in [2.05, 4.69) is 17.0 Å². The Balaban J connectivity index is 0.00000196. The van der Waals surface area contributed by atoms with Gasteiger partial charge in [0.2, 0.25) is 5.82 Å². The largest absolute Gasteiger partial charge is 0.333 e. The first-order valence-electron chi connectivity index (χ1n) is 8.81. The van der Waals surface area contributed by atoms with E-state index in [9.17, 15) is 4.79 Å². The molecule has 1 aliphatic carbocycles. The van der Waals surface area contributed by atoms with E-state index in [1.807, 2.05) is 29.2 Å². The number of para-hydroxylation sites is 1. The van der Waals surface area contributed by atoms with Crippen molar-refractivity contribution in [1.29, 1.82) is 0 Å². The van der Waals surface area contributed by atoms with Gasteiger partial charge in [-0.1, -0.05) is 23.7 Å². The fraction of sp³-hybridized carbons (Fsp3) is 0.500. The highest BCUT2D eigenvalue weighted by atomic mass is 35.5. The van der Waals surface area contributed by atoms with Crippen molar-refractivity contribution in [2.75, 3.05) is 13.1 Å². The number of likely N-dealkylation sites (tertiary alicyclic amines) is 1. The smallest absolute Gasteiger partial charge is 0.293 e. The molecule has 1 aromatic heterocycles. The lowest BCUT2D eigenvalue weighted by Crippen LogP contribution is -2.35. The quantitative estimate of drug-likeness (QED) is 0.862. The molecule has 6 nitrogen and oxygen atoms in total. The third kappa shape index (κ3) is 3.46. The van der Waals surface area contributed by atoms with Gasteiger partial charge in [0.1, 0.15) is 5.82 Å². The lowest BCUT2D eigenvalue weighted by atomic mass is 10.1. The van der Waals surface area contributed by atoms with Gasteiger partial charge in [0.25, 0.3) is 5.91 Å². The average molecular weight is 396 g/mol. The van der Waals surface area contributed by atoms with Gasteiger partial charge in [0, 0.05) is 18.5 Å². The first kappa shape index (κ1) is 19.1. The second-order valence-corrected chi connectivity index (χ2v) is 7.48. The predicted octanol–water partition coefficient (Wildman–Crippen LogP) is 3.03. The second kappa shape index (κ2) is 7.55. The Labute approximate surface area is 164 Å². The molecule has 2 atom stereocenters. The van der Waals surface area contributed by atoms with E-state index in [0.29, 0.717) is 29.9 Å². The number of hydrogen-bond acceptors (Lipinski definition) is 4. The molecule has 1 saturated carbocycles.